The highest BCUT2D eigenvalue weighted by Gasteiger charge is 2.22. The topological polar surface area (TPSA) is 29.0 Å². The van der Waals surface area contributed by atoms with Gasteiger partial charge in [-0.25, -0.2) is 9.97 Å². The standard InChI is InChI=1S/C11H16BrN3/c1-2-10-5-3-4-6-15(10)11-13-7-9(12)8-14-11/h7-8,10H,2-6H2,1H3. The Balaban J connectivity index is 2.16. The fourth-order valence-corrected chi connectivity index (χ4v) is 2.35. The van der Waals surface area contributed by atoms with Gasteiger partial charge >= 0.3 is 0 Å². The number of aromatic nitrogens is 2. The van der Waals surface area contributed by atoms with Gasteiger partial charge < -0.3 is 4.90 Å². The molecule has 1 unspecified atom stereocenters. The van der Waals surface area contributed by atoms with E-state index in [-0.39, 0.29) is 0 Å². The van der Waals surface area contributed by atoms with Gasteiger partial charge in [-0.15, -0.1) is 0 Å². The van der Waals surface area contributed by atoms with Crippen molar-refractivity contribution in [2.75, 3.05) is 11.4 Å². The van der Waals surface area contributed by atoms with Gasteiger partial charge in [0, 0.05) is 25.0 Å². The molecule has 1 fully saturated rings. The van der Waals surface area contributed by atoms with Crippen LogP contribution in [-0.2, 0) is 0 Å². The van der Waals surface area contributed by atoms with Crippen molar-refractivity contribution in [3.63, 3.8) is 0 Å². The first kappa shape index (κ1) is 10.9. The largest absolute Gasteiger partial charge is 0.338 e. The van der Waals surface area contributed by atoms with Crippen LogP contribution in [0.3, 0.4) is 0 Å². The second kappa shape index (κ2) is 4.92. The highest BCUT2D eigenvalue weighted by molar-refractivity contribution is 9.10. The fraction of sp³-hybridized carbons (Fsp3) is 0.636. The van der Waals surface area contributed by atoms with Crippen LogP contribution in [-0.4, -0.2) is 22.6 Å². The van der Waals surface area contributed by atoms with Gasteiger partial charge in [-0.1, -0.05) is 6.92 Å². The Labute approximate surface area is 99.0 Å². The fourth-order valence-electron chi connectivity index (χ4n) is 2.14. The highest BCUT2D eigenvalue weighted by atomic mass is 79.9. The summed E-state index contributed by atoms with van der Waals surface area (Å²) in [6.07, 6.45) is 8.70. The van der Waals surface area contributed by atoms with Crippen LogP contribution in [0.1, 0.15) is 32.6 Å². The quantitative estimate of drug-likeness (QED) is 0.827. The first-order valence-electron chi connectivity index (χ1n) is 5.55. The van der Waals surface area contributed by atoms with Crippen molar-refractivity contribution in [2.45, 2.75) is 38.6 Å². The number of hydrogen-bond acceptors (Lipinski definition) is 3. The van der Waals surface area contributed by atoms with Crippen molar-refractivity contribution in [3.8, 4) is 0 Å². The first-order chi connectivity index (χ1) is 7.31. The number of halogens is 1. The van der Waals surface area contributed by atoms with E-state index < -0.39 is 0 Å². The first-order valence-corrected chi connectivity index (χ1v) is 6.34. The zero-order chi connectivity index (χ0) is 10.7. The van der Waals surface area contributed by atoms with E-state index in [1.807, 2.05) is 12.4 Å². The molecule has 4 heteroatoms. The molecule has 1 aliphatic rings. The Hall–Kier alpha value is -0.640. The third kappa shape index (κ3) is 2.48. The van der Waals surface area contributed by atoms with E-state index in [0.29, 0.717) is 6.04 Å². The highest BCUT2D eigenvalue weighted by Crippen LogP contribution is 2.23. The van der Waals surface area contributed by atoms with Gasteiger partial charge in [0.1, 0.15) is 0 Å². The molecule has 0 amide bonds. The van der Waals surface area contributed by atoms with E-state index in [1.165, 1.54) is 25.7 Å². The van der Waals surface area contributed by atoms with Crippen LogP contribution in [0, 0.1) is 0 Å². The molecule has 0 N–H and O–H groups in total. The van der Waals surface area contributed by atoms with Gasteiger partial charge in [-0.3, -0.25) is 0 Å². The summed E-state index contributed by atoms with van der Waals surface area (Å²) in [4.78, 5) is 11.1. The molecule has 82 valence electrons. The van der Waals surface area contributed by atoms with Crippen molar-refractivity contribution >= 4 is 21.9 Å². The maximum absolute atomic E-state index is 4.37. The number of piperidine rings is 1. The average Bonchev–Trinajstić information content (AvgIpc) is 2.30. The Kier molecular flexibility index (Phi) is 3.57. The van der Waals surface area contributed by atoms with Crippen molar-refractivity contribution in [3.05, 3.63) is 16.9 Å². The molecule has 2 heterocycles. The van der Waals surface area contributed by atoms with E-state index >= 15 is 0 Å². The molecule has 0 spiro atoms. The van der Waals surface area contributed by atoms with Gasteiger partial charge in [0.25, 0.3) is 0 Å². The summed E-state index contributed by atoms with van der Waals surface area (Å²) >= 11 is 3.36. The zero-order valence-corrected chi connectivity index (χ0v) is 10.6. The summed E-state index contributed by atoms with van der Waals surface area (Å²) in [6, 6.07) is 0.625. The third-order valence-electron chi connectivity index (χ3n) is 2.96. The van der Waals surface area contributed by atoms with Crippen LogP contribution in [0.2, 0.25) is 0 Å². The van der Waals surface area contributed by atoms with E-state index in [2.05, 4.69) is 37.7 Å². The average molecular weight is 270 g/mol. The van der Waals surface area contributed by atoms with Gasteiger partial charge in [-0.05, 0) is 41.6 Å². The van der Waals surface area contributed by atoms with E-state index in [0.717, 1.165) is 17.0 Å². The van der Waals surface area contributed by atoms with Crippen molar-refractivity contribution in [1.82, 2.24) is 9.97 Å². The van der Waals surface area contributed by atoms with Gasteiger partial charge in [0.15, 0.2) is 0 Å². The third-order valence-corrected chi connectivity index (χ3v) is 3.37. The Morgan fingerprint density at radius 2 is 2.13 bits per heavy atom. The normalized spacial score (nSPS) is 21.7. The minimum Gasteiger partial charge on any atom is -0.338 e. The molecule has 0 bridgehead atoms. The van der Waals surface area contributed by atoms with Crippen molar-refractivity contribution < 1.29 is 0 Å². The van der Waals surface area contributed by atoms with Gasteiger partial charge in [0.2, 0.25) is 5.95 Å². The molecule has 3 nitrogen and oxygen atoms in total. The lowest BCUT2D eigenvalue weighted by Gasteiger charge is -2.35. The van der Waals surface area contributed by atoms with Crippen LogP contribution >= 0.6 is 15.9 Å². The molecular weight excluding hydrogens is 254 g/mol. The molecule has 0 aliphatic carbocycles. The van der Waals surface area contributed by atoms with Crippen LogP contribution in [0.15, 0.2) is 16.9 Å². The Morgan fingerprint density at radius 3 is 2.80 bits per heavy atom. The van der Waals surface area contributed by atoms with Crippen molar-refractivity contribution in [2.24, 2.45) is 0 Å². The molecular formula is C11H16BrN3. The molecule has 1 aromatic heterocycles. The van der Waals surface area contributed by atoms with E-state index in [1.54, 1.807) is 0 Å². The molecule has 1 atom stereocenters. The summed E-state index contributed by atoms with van der Waals surface area (Å²) in [5.41, 5.74) is 0. The van der Waals surface area contributed by atoms with Gasteiger partial charge in [-0.2, -0.15) is 0 Å². The van der Waals surface area contributed by atoms with Crippen LogP contribution in [0.4, 0.5) is 5.95 Å². The smallest absolute Gasteiger partial charge is 0.225 e. The van der Waals surface area contributed by atoms with E-state index in [4.69, 9.17) is 0 Å². The summed E-state index contributed by atoms with van der Waals surface area (Å²) in [7, 11) is 0. The summed E-state index contributed by atoms with van der Waals surface area (Å²) < 4.78 is 0.941. The molecule has 0 saturated carbocycles. The van der Waals surface area contributed by atoms with Gasteiger partial charge in [0.05, 0.1) is 4.47 Å². The minimum atomic E-state index is 0.625. The number of rotatable bonds is 2. The van der Waals surface area contributed by atoms with E-state index in [9.17, 15) is 0 Å². The maximum atomic E-state index is 4.37. The molecule has 2 rings (SSSR count). The second-order valence-electron chi connectivity index (χ2n) is 3.95. The van der Waals surface area contributed by atoms with Crippen LogP contribution in [0.25, 0.3) is 0 Å². The number of hydrogen-bond donors (Lipinski definition) is 0. The van der Waals surface area contributed by atoms with Crippen molar-refractivity contribution in [1.29, 1.82) is 0 Å². The molecule has 15 heavy (non-hydrogen) atoms. The molecule has 0 aromatic carbocycles. The maximum Gasteiger partial charge on any atom is 0.225 e. The zero-order valence-electron chi connectivity index (χ0n) is 8.99. The van der Waals surface area contributed by atoms with Crippen LogP contribution in [0.5, 0.6) is 0 Å². The summed E-state index contributed by atoms with van der Waals surface area (Å²) in [5, 5.41) is 0. The lowest BCUT2D eigenvalue weighted by molar-refractivity contribution is 0.443. The minimum absolute atomic E-state index is 0.625. The van der Waals surface area contributed by atoms with Crippen LogP contribution < -0.4 is 4.90 Å². The Morgan fingerprint density at radius 1 is 1.40 bits per heavy atom. The number of anilines is 1. The lowest BCUT2D eigenvalue weighted by Crippen LogP contribution is -2.40. The predicted molar refractivity (Wildman–Crippen MR) is 65.0 cm³/mol. The number of nitrogens with zero attached hydrogens (tertiary/aromatic N) is 3. The summed E-state index contributed by atoms with van der Waals surface area (Å²) in [6.45, 7) is 3.34. The molecule has 1 aromatic rings. The summed E-state index contributed by atoms with van der Waals surface area (Å²) in [5.74, 6) is 0.879. The monoisotopic (exact) mass is 269 g/mol. The lowest BCUT2D eigenvalue weighted by atomic mass is 10.0. The Bertz CT molecular complexity index is 312. The predicted octanol–water partition coefficient (Wildman–Crippen LogP) is 3.01. The molecule has 1 saturated heterocycles. The SMILES string of the molecule is CCC1CCCCN1c1ncc(Br)cn1. The molecule has 0 radical (unpaired) electrons. The second-order valence-corrected chi connectivity index (χ2v) is 4.87. The molecule has 1 aliphatic heterocycles.